The van der Waals surface area contributed by atoms with Crippen LogP contribution in [0.25, 0.3) is 0 Å². The minimum atomic E-state index is -1.50. The lowest BCUT2D eigenvalue weighted by molar-refractivity contribution is -0.147. The fourth-order valence-electron chi connectivity index (χ4n) is 12.2. The van der Waals surface area contributed by atoms with Crippen LogP contribution >= 0.6 is 23.5 Å². The molecule has 0 saturated carbocycles. The quantitative estimate of drug-likeness (QED) is 0.0739. The zero-order valence-corrected chi connectivity index (χ0v) is 59.9. The molecule has 11 atom stereocenters. The molecule has 7 rings (SSSR count). The first-order valence-electron chi connectivity index (χ1n) is 33.6. The van der Waals surface area contributed by atoms with E-state index in [1.54, 1.807) is 93.6 Å². The number of ether oxygens (including phenoxy) is 5. The van der Waals surface area contributed by atoms with Gasteiger partial charge in [-0.2, -0.15) is 23.5 Å². The van der Waals surface area contributed by atoms with Gasteiger partial charge >= 0.3 is 0 Å². The highest BCUT2D eigenvalue weighted by Crippen LogP contribution is 2.32. The zero-order valence-electron chi connectivity index (χ0n) is 58.3. The van der Waals surface area contributed by atoms with Gasteiger partial charge in [0.05, 0.1) is 33.5 Å². The van der Waals surface area contributed by atoms with Crippen molar-refractivity contribution in [3.8, 4) is 17.2 Å². The summed E-state index contributed by atoms with van der Waals surface area (Å²) in [6.45, 7) is 8.92. The maximum absolute atomic E-state index is 15.4. The second kappa shape index (κ2) is 37.7. The first-order chi connectivity index (χ1) is 47.4. The normalized spacial score (nSPS) is 24.9. The van der Waals surface area contributed by atoms with Gasteiger partial charge in [-0.15, -0.1) is 0 Å². The van der Waals surface area contributed by atoms with Crippen LogP contribution < -0.4 is 57.2 Å². The van der Waals surface area contributed by atoms with Gasteiger partial charge in [0.2, 0.25) is 59.1 Å². The Morgan fingerprint density at radius 3 is 1.58 bits per heavy atom. The van der Waals surface area contributed by atoms with E-state index in [0.717, 1.165) is 11.1 Å². The number of nitrogens with zero attached hydrogens (tertiary/aromatic N) is 2. The van der Waals surface area contributed by atoms with Crippen LogP contribution in [0.2, 0.25) is 0 Å². The summed E-state index contributed by atoms with van der Waals surface area (Å²) in [7, 11) is 7.29. The number of carbonyl (C=O) groups is 10. The molecular weight excluding hydrogens is 1310 g/mol. The van der Waals surface area contributed by atoms with E-state index in [0.29, 0.717) is 70.5 Å². The molecule has 2 fully saturated rings. The zero-order chi connectivity index (χ0) is 71.9. The van der Waals surface area contributed by atoms with E-state index in [2.05, 4.69) is 37.2 Å². The number of hydrogen-bond acceptors (Lipinski definition) is 17. The van der Waals surface area contributed by atoms with Gasteiger partial charge in [0.15, 0.2) is 0 Å². The molecule has 2 bridgehead atoms. The summed E-state index contributed by atoms with van der Waals surface area (Å²) < 4.78 is 27.6. The number of thioether (sulfide) groups is 2. The van der Waals surface area contributed by atoms with Gasteiger partial charge in [-0.3, -0.25) is 47.9 Å². The van der Waals surface area contributed by atoms with Gasteiger partial charge in [-0.25, -0.2) is 0 Å². The van der Waals surface area contributed by atoms with Crippen molar-refractivity contribution in [3.63, 3.8) is 0 Å². The first-order valence-corrected chi connectivity index (χ1v) is 35.9. The second-order valence-electron chi connectivity index (χ2n) is 25.9. The SMILES string of the molecule is COc1ccc(C[C@@H]2NC(=O)[C@H](CCC(C)C)NC(=O)[C@H]([C@@H](C)OC)NC(=O)CCSCc3cccc(c3)CSC[C@@H](C(N)=O)NC(=O)[C@]3(C)CCCN3C(=O)[C@H](Cc3ccc(OC)cc3)NC(=O)[C@H]([C@@H](C)OC)NC(=O)[C@@H]3CCCN3C(=O)[C@H](Cc3ccc(OC)cc3)NC2=O)cc1. The molecule has 0 aromatic heterocycles. The number of fused-ring (bicyclic) bond motifs is 4. The molecule has 3 heterocycles. The van der Waals surface area contributed by atoms with E-state index >= 15 is 19.2 Å². The van der Waals surface area contributed by atoms with Crippen LogP contribution in [-0.4, -0.2) is 195 Å². The molecular formula is C72H98N10O15S2. The van der Waals surface area contributed by atoms with Gasteiger partial charge in [0, 0.05) is 76.0 Å². The summed E-state index contributed by atoms with van der Waals surface area (Å²) in [5.41, 5.74) is 8.16. The summed E-state index contributed by atoms with van der Waals surface area (Å²) in [4.78, 5) is 149. The van der Waals surface area contributed by atoms with Crippen molar-refractivity contribution in [2.24, 2.45) is 11.7 Å². The minimum absolute atomic E-state index is 0.0353. The van der Waals surface area contributed by atoms with Crippen LogP contribution in [0.5, 0.6) is 17.2 Å². The maximum atomic E-state index is 15.4. The molecule has 3 aliphatic heterocycles. The lowest BCUT2D eigenvalue weighted by Gasteiger charge is -2.37. The molecule has 3 aliphatic rings. The van der Waals surface area contributed by atoms with Crippen LogP contribution in [0.4, 0.5) is 0 Å². The first kappa shape index (κ1) is 77.9. The van der Waals surface area contributed by atoms with Gasteiger partial charge in [-0.05, 0) is 129 Å². The lowest BCUT2D eigenvalue weighted by atomic mass is 9.95. The number of methoxy groups -OCH3 is 5. The van der Waals surface area contributed by atoms with Crippen LogP contribution in [0.15, 0.2) is 97.1 Å². The standard InChI is InChI=1S/C72H98N10O15S2/c1-43(2)17-30-54-64(85)75-55(37-46-18-24-51(95-8)25-19-46)65(86)76-56(38-47-20-26-52(96-9)27-21-47)69(90)81-33-12-16-59(81)66(87)80-62(45(4)94-7)68(89)77-57(39-48-22-28-53(97-10)29-23-48)70(91)82-34-13-32-72(82,5)71(92)78-58(63(73)84)42-99-41-50-15-11-14-49(36-50)40-98-35-31-60(83)79-61(44(3)93-6)67(88)74-54/h11,14-15,18-29,36,43-45,54-59,61-62H,12-13,16-17,30-35,37-42H2,1-10H3,(H2,73,84)(H,74,88)(H,75,85)(H,76,86)(H,77,89)(H,78,92)(H,79,83)(H,80,87)/t44-,45-,54+,55+,56+,57+,58+,59+,61+,62+,72+/m1/s1. The van der Waals surface area contributed by atoms with Gasteiger partial charge in [0.25, 0.3) is 0 Å². The lowest BCUT2D eigenvalue weighted by Crippen LogP contribution is -2.64. The van der Waals surface area contributed by atoms with Crippen LogP contribution in [0.3, 0.4) is 0 Å². The number of primary amides is 1. The van der Waals surface area contributed by atoms with E-state index < -0.39 is 125 Å². The van der Waals surface area contributed by atoms with Crippen molar-refractivity contribution in [1.82, 2.24) is 47.0 Å². The Bertz CT molecular complexity index is 3420. The average molecular weight is 1410 g/mol. The van der Waals surface area contributed by atoms with E-state index in [1.807, 2.05) is 38.1 Å². The molecule has 0 spiro atoms. The molecule has 0 radical (unpaired) electrons. The molecule has 2 saturated heterocycles. The molecule has 4 aromatic rings. The Kier molecular flexibility index (Phi) is 29.7. The van der Waals surface area contributed by atoms with Crippen LogP contribution in [0.1, 0.15) is 107 Å². The molecule has 99 heavy (non-hydrogen) atoms. The molecule has 4 aromatic carbocycles. The van der Waals surface area contributed by atoms with Crippen molar-refractivity contribution in [2.75, 3.05) is 60.1 Å². The Hall–Kier alpha value is -8.40. The van der Waals surface area contributed by atoms with Crippen LogP contribution in [-0.2, 0) is 88.2 Å². The minimum Gasteiger partial charge on any atom is -0.497 e. The monoisotopic (exact) mass is 1410 g/mol. The number of nitrogens with two attached hydrogens (primary N) is 1. The van der Waals surface area contributed by atoms with E-state index in [9.17, 15) is 28.8 Å². The predicted molar refractivity (Wildman–Crippen MR) is 377 cm³/mol. The Morgan fingerprint density at radius 1 is 0.566 bits per heavy atom. The number of nitrogens with one attached hydrogen (secondary N) is 7. The fraction of sp³-hybridized carbons (Fsp3) is 0.528. The highest BCUT2D eigenvalue weighted by atomic mass is 32.2. The molecule has 0 unspecified atom stereocenters. The van der Waals surface area contributed by atoms with Crippen molar-refractivity contribution >= 4 is 82.6 Å². The van der Waals surface area contributed by atoms with Crippen molar-refractivity contribution in [3.05, 3.63) is 125 Å². The highest BCUT2D eigenvalue weighted by molar-refractivity contribution is 7.98. The topological polar surface area (TPSA) is 334 Å². The molecule has 538 valence electrons. The number of amides is 10. The summed E-state index contributed by atoms with van der Waals surface area (Å²) in [6.07, 6.45) is -0.342. The third-order valence-electron chi connectivity index (χ3n) is 18.4. The Morgan fingerprint density at radius 2 is 1.05 bits per heavy atom. The van der Waals surface area contributed by atoms with E-state index in [1.165, 1.54) is 68.9 Å². The third kappa shape index (κ3) is 22.0. The molecule has 9 N–H and O–H groups in total. The number of carbonyl (C=O) groups excluding carboxylic acids is 10. The summed E-state index contributed by atoms with van der Waals surface area (Å²) in [5.74, 6) is -3.64. The largest absolute Gasteiger partial charge is 0.497 e. The van der Waals surface area contributed by atoms with Gasteiger partial charge < -0.3 is 76.4 Å². The second-order valence-corrected chi connectivity index (χ2v) is 28.0. The molecule has 10 amide bonds. The van der Waals surface area contributed by atoms with Crippen molar-refractivity contribution in [2.45, 2.75) is 176 Å². The third-order valence-corrected chi connectivity index (χ3v) is 20.5. The van der Waals surface area contributed by atoms with Crippen LogP contribution in [0, 0.1) is 5.92 Å². The summed E-state index contributed by atoms with van der Waals surface area (Å²) >= 11 is 2.88. The highest BCUT2D eigenvalue weighted by Gasteiger charge is 2.49. The number of rotatable bonds is 17. The summed E-state index contributed by atoms with van der Waals surface area (Å²) in [5, 5.41) is 20.1. The smallest absolute Gasteiger partial charge is 0.246 e. The number of hydrogen-bond donors (Lipinski definition) is 8. The maximum Gasteiger partial charge on any atom is 0.246 e. The fourth-order valence-corrected chi connectivity index (χ4v) is 14.1. The van der Waals surface area contributed by atoms with Gasteiger partial charge in [0.1, 0.15) is 71.1 Å². The van der Waals surface area contributed by atoms with Gasteiger partial charge in [-0.1, -0.05) is 74.5 Å². The molecule has 25 nitrogen and oxygen atoms in total. The van der Waals surface area contributed by atoms with E-state index in [4.69, 9.17) is 29.4 Å². The van der Waals surface area contributed by atoms with Crippen molar-refractivity contribution < 1.29 is 71.6 Å². The number of benzene rings is 4. The molecule has 27 heteroatoms. The Balaban J connectivity index is 1.26. The molecule has 0 aliphatic carbocycles. The average Bonchev–Trinajstić information content (AvgIpc) is 1.70. The van der Waals surface area contributed by atoms with Crippen molar-refractivity contribution in [1.29, 1.82) is 0 Å². The van der Waals surface area contributed by atoms with E-state index in [-0.39, 0.29) is 69.7 Å². The Labute approximate surface area is 588 Å². The summed E-state index contributed by atoms with van der Waals surface area (Å²) in [6, 6.07) is 18.1. The predicted octanol–water partition coefficient (Wildman–Crippen LogP) is 4.07.